The number of benzene rings is 1. The Morgan fingerprint density at radius 3 is 2.63 bits per heavy atom. The molecule has 0 atom stereocenters. The summed E-state index contributed by atoms with van der Waals surface area (Å²) in [6.45, 7) is 6.43. The predicted molar refractivity (Wildman–Crippen MR) is 106 cm³/mol. The molecule has 0 radical (unpaired) electrons. The minimum atomic E-state index is 0.116. The number of anilines is 3. The zero-order valence-corrected chi connectivity index (χ0v) is 15.5. The van der Waals surface area contributed by atoms with Gasteiger partial charge >= 0.3 is 0 Å². The third-order valence-corrected chi connectivity index (χ3v) is 4.75. The van der Waals surface area contributed by atoms with Crippen LogP contribution in [-0.2, 0) is 4.79 Å². The molecule has 138 valence electrons. The molecule has 0 unspecified atom stereocenters. The van der Waals surface area contributed by atoms with Gasteiger partial charge in [-0.3, -0.25) is 9.78 Å². The molecule has 1 aliphatic heterocycles. The van der Waals surface area contributed by atoms with Crippen LogP contribution in [0.15, 0.2) is 42.6 Å². The minimum absolute atomic E-state index is 0.116. The van der Waals surface area contributed by atoms with Crippen LogP contribution >= 0.6 is 0 Å². The maximum absolute atomic E-state index is 11.5. The van der Waals surface area contributed by atoms with Crippen molar-refractivity contribution in [2.45, 2.75) is 13.8 Å². The van der Waals surface area contributed by atoms with Gasteiger partial charge in [0.2, 0.25) is 11.9 Å². The number of hydrogen-bond acceptors (Lipinski definition) is 6. The van der Waals surface area contributed by atoms with Gasteiger partial charge in [-0.2, -0.15) is 4.98 Å². The average molecular weight is 362 g/mol. The van der Waals surface area contributed by atoms with Crippen molar-refractivity contribution in [1.82, 2.24) is 19.9 Å². The van der Waals surface area contributed by atoms with Gasteiger partial charge < -0.3 is 15.1 Å². The van der Waals surface area contributed by atoms with E-state index in [2.05, 4.69) is 20.2 Å². The highest BCUT2D eigenvalue weighted by Crippen LogP contribution is 2.25. The van der Waals surface area contributed by atoms with Gasteiger partial charge in [0.25, 0.3) is 0 Å². The number of hydrogen-bond donors (Lipinski definition) is 1. The monoisotopic (exact) mass is 362 g/mol. The summed E-state index contributed by atoms with van der Waals surface area (Å²) in [7, 11) is 0. The molecule has 1 aliphatic rings. The lowest BCUT2D eigenvalue weighted by molar-refractivity contribution is -0.129. The highest BCUT2D eigenvalue weighted by atomic mass is 16.2. The smallest absolute Gasteiger partial charge is 0.227 e. The average Bonchev–Trinajstić information content (AvgIpc) is 2.68. The molecule has 1 N–H and O–H groups in total. The summed E-state index contributed by atoms with van der Waals surface area (Å²) in [6.07, 6.45) is 1.79. The second-order valence-electron chi connectivity index (χ2n) is 6.69. The van der Waals surface area contributed by atoms with Crippen molar-refractivity contribution in [2.75, 3.05) is 36.4 Å². The summed E-state index contributed by atoms with van der Waals surface area (Å²) < 4.78 is 0. The molecule has 2 aromatic heterocycles. The van der Waals surface area contributed by atoms with Gasteiger partial charge in [0.15, 0.2) is 0 Å². The highest BCUT2D eigenvalue weighted by molar-refractivity contribution is 5.91. The number of carbonyl (C=O) groups is 1. The maximum Gasteiger partial charge on any atom is 0.227 e. The number of rotatable bonds is 3. The lowest BCUT2D eigenvalue weighted by Gasteiger charge is -2.34. The van der Waals surface area contributed by atoms with Crippen LogP contribution in [0, 0.1) is 6.92 Å². The molecule has 3 heterocycles. The summed E-state index contributed by atoms with van der Waals surface area (Å²) in [5.74, 6) is 1.55. The molecule has 4 rings (SSSR count). The zero-order valence-electron chi connectivity index (χ0n) is 15.5. The van der Waals surface area contributed by atoms with Crippen LogP contribution in [0.5, 0.6) is 0 Å². The largest absolute Gasteiger partial charge is 0.339 e. The van der Waals surface area contributed by atoms with E-state index in [9.17, 15) is 4.79 Å². The molecule has 1 aromatic carbocycles. The number of nitrogens with zero attached hydrogens (tertiary/aromatic N) is 5. The molecule has 27 heavy (non-hydrogen) atoms. The lowest BCUT2D eigenvalue weighted by Crippen LogP contribution is -2.48. The predicted octanol–water partition coefficient (Wildman–Crippen LogP) is 2.75. The Labute approximate surface area is 158 Å². The van der Waals surface area contributed by atoms with E-state index >= 15 is 0 Å². The molecular formula is C20H22N6O. The number of amides is 1. The number of aromatic nitrogens is 3. The van der Waals surface area contributed by atoms with Crippen LogP contribution in [0.4, 0.5) is 17.5 Å². The first-order chi connectivity index (χ1) is 13.1. The van der Waals surface area contributed by atoms with Crippen LogP contribution in [0.3, 0.4) is 0 Å². The van der Waals surface area contributed by atoms with E-state index in [4.69, 9.17) is 4.98 Å². The minimum Gasteiger partial charge on any atom is -0.339 e. The Kier molecular flexibility index (Phi) is 4.58. The van der Waals surface area contributed by atoms with Crippen LogP contribution in [0.25, 0.3) is 10.9 Å². The Morgan fingerprint density at radius 1 is 1.07 bits per heavy atom. The standard InChI is InChI=1S/C20H22N6O/c1-14-13-18(23-17-7-3-5-16-6-4-8-21-19(16)17)24-20(22-14)26-11-9-25(10-12-26)15(2)27/h3-8,13H,9-12H2,1-2H3,(H,22,23,24). The van der Waals surface area contributed by atoms with Crippen LogP contribution in [-0.4, -0.2) is 51.9 Å². The molecular weight excluding hydrogens is 340 g/mol. The van der Waals surface area contributed by atoms with Crippen molar-refractivity contribution in [3.05, 3.63) is 48.3 Å². The van der Waals surface area contributed by atoms with E-state index in [1.165, 1.54) is 0 Å². The van der Waals surface area contributed by atoms with E-state index < -0.39 is 0 Å². The number of carbonyl (C=O) groups excluding carboxylic acids is 1. The fourth-order valence-corrected chi connectivity index (χ4v) is 3.32. The number of para-hydroxylation sites is 1. The Hall–Kier alpha value is -3.22. The molecule has 0 saturated carbocycles. The van der Waals surface area contributed by atoms with Gasteiger partial charge in [-0.15, -0.1) is 0 Å². The van der Waals surface area contributed by atoms with Crippen LogP contribution in [0.1, 0.15) is 12.6 Å². The van der Waals surface area contributed by atoms with Gasteiger partial charge in [0.1, 0.15) is 5.82 Å². The molecule has 3 aromatic rings. The Bertz CT molecular complexity index is 976. The van der Waals surface area contributed by atoms with Crippen molar-refractivity contribution in [3.63, 3.8) is 0 Å². The van der Waals surface area contributed by atoms with Crippen LogP contribution in [0.2, 0.25) is 0 Å². The zero-order chi connectivity index (χ0) is 18.8. The van der Waals surface area contributed by atoms with Gasteiger partial charge in [0, 0.05) is 56.4 Å². The van der Waals surface area contributed by atoms with Gasteiger partial charge in [-0.05, 0) is 19.1 Å². The van der Waals surface area contributed by atoms with Crippen molar-refractivity contribution >= 4 is 34.3 Å². The molecule has 7 nitrogen and oxygen atoms in total. The SMILES string of the molecule is CC(=O)N1CCN(c2nc(C)cc(Nc3cccc4cccnc34)n2)CC1. The molecule has 0 spiro atoms. The first-order valence-electron chi connectivity index (χ1n) is 9.07. The second kappa shape index (κ2) is 7.19. The van der Waals surface area contributed by atoms with Gasteiger partial charge in [-0.25, -0.2) is 4.98 Å². The molecule has 1 amide bonds. The number of pyridine rings is 1. The Morgan fingerprint density at radius 2 is 1.85 bits per heavy atom. The second-order valence-corrected chi connectivity index (χ2v) is 6.69. The quantitative estimate of drug-likeness (QED) is 0.772. The van der Waals surface area contributed by atoms with Gasteiger partial charge in [-0.1, -0.05) is 18.2 Å². The number of nitrogens with one attached hydrogen (secondary N) is 1. The van der Waals surface area contributed by atoms with E-state index in [1.807, 2.05) is 48.2 Å². The van der Waals surface area contributed by atoms with Gasteiger partial charge in [0.05, 0.1) is 11.2 Å². The normalized spacial score (nSPS) is 14.4. The van der Waals surface area contributed by atoms with E-state index in [0.29, 0.717) is 19.0 Å². The fourth-order valence-electron chi connectivity index (χ4n) is 3.32. The summed E-state index contributed by atoms with van der Waals surface area (Å²) in [4.78, 5) is 29.3. The third kappa shape index (κ3) is 3.67. The molecule has 7 heteroatoms. The number of piperazine rings is 1. The van der Waals surface area contributed by atoms with Crippen LogP contribution < -0.4 is 10.2 Å². The third-order valence-electron chi connectivity index (χ3n) is 4.75. The molecule has 1 saturated heterocycles. The number of fused-ring (bicyclic) bond motifs is 1. The van der Waals surface area contributed by atoms with Crippen molar-refractivity contribution in [2.24, 2.45) is 0 Å². The van der Waals surface area contributed by atoms with Crippen molar-refractivity contribution < 1.29 is 4.79 Å². The van der Waals surface area contributed by atoms with Crippen molar-refractivity contribution in [1.29, 1.82) is 0 Å². The van der Waals surface area contributed by atoms with E-state index in [-0.39, 0.29) is 5.91 Å². The summed E-state index contributed by atoms with van der Waals surface area (Å²) >= 11 is 0. The molecule has 1 fully saturated rings. The van der Waals surface area contributed by atoms with E-state index in [1.54, 1.807) is 13.1 Å². The van der Waals surface area contributed by atoms with Crippen molar-refractivity contribution in [3.8, 4) is 0 Å². The first-order valence-corrected chi connectivity index (χ1v) is 9.07. The summed E-state index contributed by atoms with van der Waals surface area (Å²) in [6, 6.07) is 11.9. The molecule has 0 aliphatic carbocycles. The summed E-state index contributed by atoms with van der Waals surface area (Å²) in [5.41, 5.74) is 2.72. The molecule has 0 bridgehead atoms. The Balaban J connectivity index is 1.59. The maximum atomic E-state index is 11.5. The lowest BCUT2D eigenvalue weighted by atomic mass is 10.2. The van der Waals surface area contributed by atoms with E-state index in [0.717, 1.165) is 41.2 Å². The highest BCUT2D eigenvalue weighted by Gasteiger charge is 2.21. The summed E-state index contributed by atoms with van der Waals surface area (Å²) in [5, 5.41) is 4.47. The topological polar surface area (TPSA) is 74.2 Å². The first kappa shape index (κ1) is 17.2. The number of aryl methyl sites for hydroxylation is 1. The fraction of sp³-hybridized carbons (Fsp3) is 0.300.